The second-order valence-corrected chi connectivity index (χ2v) is 5.79. The van der Waals surface area contributed by atoms with Crippen molar-refractivity contribution in [3.63, 3.8) is 0 Å². The van der Waals surface area contributed by atoms with E-state index < -0.39 is 11.5 Å². The van der Waals surface area contributed by atoms with Gasteiger partial charge in [0, 0.05) is 25.2 Å². The second kappa shape index (κ2) is 7.76. The summed E-state index contributed by atoms with van der Waals surface area (Å²) in [6.45, 7) is 3.71. The van der Waals surface area contributed by atoms with Gasteiger partial charge in [-0.15, -0.1) is 0 Å². The fraction of sp³-hybridized carbons (Fsp3) is 0.471. The topological polar surface area (TPSA) is 86.7 Å². The smallest absolute Gasteiger partial charge is 0.305 e. The molecule has 23 heavy (non-hydrogen) atoms. The Labute approximate surface area is 136 Å². The van der Waals surface area contributed by atoms with Crippen LogP contribution in [-0.4, -0.2) is 47.4 Å². The number of nitrogens with one attached hydrogen (secondary N) is 1. The van der Waals surface area contributed by atoms with Gasteiger partial charge in [0.05, 0.1) is 12.0 Å². The molecule has 0 unspecified atom stereocenters. The van der Waals surface area contributed by atoms with Gasteiger partial charge in [0.15, 0.2) is 0 Å². The zero-order chi connectivity index (χ0) is 17.6. The molecule has 126 valence electrons. The van der Waals surface area contributed by atoms with Crippen LogP contribution in [0.4, 0.5) is 0 Å². The summed E-state index contributed by atoms with van der Waals surface area (Å²) in [4.78, 5) is 36.7. The maximum Gasteiger partial charge on any atom is 0.305 e. The minimum Gasteiger partial charge on any atom is -0.481 e. The van der Waals surface area contributed by atoms with Crippen molar-refractivity contribution in [2.45, 2.75) is 38.6 Å². The number of carbonyl (C=O) groups is 3. The van der Waals surface area contributed by atoms with Crippen LogP contribution in [0.1, 0.15) is 53.8 Å². The first-order valence-corrected chi connectivity index (χ1v) is 7.60. The molecule has 0 fully saturated rings. The summed E-state index contributed by atoms with van der Waals surface area (Å²) in [5, 5.41) is 11.9. The van der Waals surface area contributed by atoms with E-state index in [4.69, 9.17) is 5.11 Å². The lowest BCUT2D eigenvalue weighted by Gasteiger charge is -2.31. The molecule has 0 bridgehead atoms. The summed E-state index contributed by atoms with van der Waals surface area (Å²) < 4.78 is 0. The number of benzene rings is 1. The molecular weight excluding hydrogens is 296 g/mol. The van der Waals surface area contributed by atoms with Crippen molar-refractivity contribution in [2.75, 3.05) is 14.1 Å². The van der Waals surface area contributed by atoms with E-state index in [-0.39, 0.29) is 18.2 Å². The molecule has 0 aliphatic rings. The van der Waals surface area contributed by atoms with E-state index in [0.29, 0.717) is 24.0 Å². The molecule has 6 heteroatoms. The largest absolute Gasteiger partial charge is 0.481 e. The highest BCUT2D eigenvalue weighted by Crippen LogP contribution is 2.21. The van der Waals surface area contributed by atoms with Crippen LogP contribution in [0, 0.1) is 0 Å². The van der Waals surface area contributed by atoms with Crippen molar-refractivity contribution in [1.82, 2.24) is 10.2 Å². The Bertz CT molecular complexity index is 575. The predicted octanol–water partition coefficient (Wildman–Crippen LogP) is 2.15. The molecule has 1 aromatic rings. The minimum absolute atomic E-state index is 0.122. The molecule has 0 aromatic heterocycles. The molecule has 6 nitrogen and oxygen atoms in total. The highest BCUT2D eigenvalue weighted by atomic mass is 16.4. The SMILES string of the molecule is CCC(CC)(CC(=O)O)NC(=O)c1ccc(C(=O)N(C)C)cc1. The van der Waals surface area contributed by atoms with Gasteiger partial charge in [-0.1, -0.05) is 13.8 Å². The lowest BCUT2D eigenvalue weighted by Crippen LogP contribution is -2.49. The first kappa shape index (κ1) is 18.7. The van der Waals surface area contributed by atoms with Crippen LogP contribution in [0.3, 0.4) is 0 Å². The predicted molar refractivity (Wildman–Crippen MR) is 87.5 cm³/mol. The lowest BCUT2D eigenvalue weighted by atomic mass is 9.88. The molecular formula is C17H24N2O4. The Morgan fingerprint density at radius 3 is 1.91 bits per heavy atom. The number of rotatable bonds is 7. The average molecular weight is 320 g/mol. The van der Waals surface area contributed by atoms with Crippen LogP contribution in [0.5, 0.6) is 0 Å². The number of nitrogens with zero attached hydrogens (tertiary/aromatic N) is 1. The van der Waals surface area contributed by atoms with E-state index in [1.54, 1.807) is 38.4 Å². The van der Waals surface area contributed by atoms with Crippen LogP contribution in [0.2, 0.25) is 0 Å². The summed E-state index contributed by atoms with van der Waals surface area (Å²) in [6, 6.07) is 6.33. The van der Waals surface area contributed by atoms with Gasteiger partial charge in [0.25, 0.3) is 11.8 Å². The first-order chi connectivity index (χ1) is 10.7. The molecule has 0 saturated carbocycles. The van der Waals surface area contributed by atoms with Gasteiger partial charge in [-0.2, -0.15) is 0 Å². The van der Waals surface area contributed by atoms with E-state index in [1.165, 1.54) is 4.90 Å². The van der Waals surface area contributed by atoms with E-state index in [0.717, 1.165) is 0 Å². The van der Waals surface area contributed by atoms with Gasteiger partial charge in [-0.05, 0) is 37.1 Å². The number of hydrogen-bond acceptors (Lipinski definition) is 3. The lowest BCUT2D eigenvalue weighted by molar-refractivity contribution is -0.138. The van der Waals surface area contributed by atoms with E-state index in [9.17, 15) is 14.4 Å². The van der Waals surface area contributed by atoms with Gasteiger partial charge < -0.3 is 15.3 Å². The fourth-order valence-electron chi connectivity index (χ4n) is 2.35. The van der Waals surface area contributed by atoms with Gasteiger partial charge in [0.1, 0.15) is 0 Å². The minimum atomic E-state index is -0.944. The van der Waals surface area contributed by atoms with Crippen molar-refractivity contribution in [2.24, 2.45) is 0 Å². The zero-order valence-corrected chi connectivity index (χ0v) is 14.0. The summed E-state index contributed by atoms with van der Waals surface area (Å²) in [7, 11) is 3.32. The van der Waals surface area contributed by atoms with Crippen molar-refractivity contribution >= 4 is 17.8 Å². The number of aliphatic carboxylic acids is 1. The van der Waals surface area contributed by atoms with Crippen molar-refractivity contribution < 1.29 is 19.5 Å². The average Bonchev–Trinajstić information content (AvgIpc) is 2.52. The molecule has 1 rings (SSSR count). The zero-order valence-electron chi connectivity index (χ0n) is 14.0. The first-order valence-electron chi connectivity index (χ1n) is 7.60. The molecule has 0 saturated heterocycles. The third-order valence-corrected chi connectivity index (χ3v) is 4.02. The van der Waals surface area contributed by atoms with Gasteiger partial charge in [-0.3, -0.25) is 14.4 Å². The molecule has 0 spiro atoms. The van der Waals surface area contributed by atoms with Gasteiger partial charge in [-0.25, -0.2) is 0 Å². The highest BCUT2D eigenvalue weighted by molar-refractivity contribution is 5.98. The number of carbonyl (C=O) groups excluding carboxylic acids is 2. The fourth-order valence-corrected chi connectivity index (χ4v) is 2.35. The molecule has 0 heterocycles. The Morgan fingerprint density at radius 1 is 1.04 bits per heavy atom. The molecule has 2 N–H and O–H groups in total. The van der Waals surface area contributed by atoms with Gasteiger partial charge in [0.2, 0.25) is 0 Å². The number of carboxylic acid groups (broad SMARTS) is 1. The second-order valence-electron chi connectivity index (χ2n) is 5.79. The standard InChI is InChI=1S/C17H24N2O4/c1-5-17(6-2,11-14(20)21)18-15(22)12-7-9-13(10-8-12)16(23)19(3)4/h7-10H,5-6,11H2,1-4H3,(H,18,22)(H,20,21). The summed E-state index contributed by atoms with van der Waals surface area (Å²) in [5.74, 6) is -1.42. The quantitative estimate of drug-likeness (QED) is 0.806. The Balaban J connectivity index is 2.92. The van der Waals surface area contributed by atoms with Crippen LogP contribution in [-0.2, 0) is 4.79 Å². The summed E-state index contributed by atoms with van der Waals surface area (Å²) >= 11 is 0. The van der Waals surface area contributed by atoms with E-state index in [1.807, 2.05) is 13.8 Å². The van der Waals surface area contributed by atoms with E-state index in [2.05, 4.69) is 5.32 Å². The summed E-state index contributed by atoms with van der Waals surface area (Å²) in [5.41, 5.74) is 0.132. The highest BCUT2D eigenvalue weighted by Gasteiger charge is 2.31. The third kappa shape index (κ3) is 4.81. The molecule has 2 amide bonds. The van der Waals surface area contributed by atoms with Crippen molar-refractivity contribution in [3.8, 4) is 0 Å². The number of amides is 2. The third-order valence-electron chi connectivity index (χ3n) is 4.02. The molecule has 0 radical (unpaired) electrons. The van der Waals surface area contributed by atoms with Crippen molar-refractivity contribution in [1.29, 1.82) is 0 Å². The molecule has 1 aromatic carbocycles. The van der Waals surface area contributed by atoms with Crippen LogP contribution < -0.4 is 5.32 Å². The Morgan fingerprint density at radius 2 is 1.52 bits per heavy atom. The maximum atomic E-state index is 12.4. The Hall–Kier alpha value is -2.37. The van der Waals surface area contributed by atoms with Crippen LogP contribution in [0.15, 0.2) is 24.3 Å². The number of hydrogen-bond donors (Lipinski definition) is 2. The molecule has 0 aliphatic carbocycles. The Kier molecular flexibility index (Phi) is 6.30. The van der Waals surface area contributed by atoms with E-state index >= 15 is 0 Å². The van der Waals surface area contributed by atoms with Gasteiger partial charge >= 0.3 is 5.97 Å². The summed E-state index contributed by atoms with van der Waals surface area (Å²) in [6.07, 6.45) is 0.931. The molecule has 0 atom stereocenters. The maximum absolute atomic E-state index is 12.4. The van der Waals surface area contributed by atoms with Crippen molar-refractivity contribution in [3.05, 3.63) is 35.4 Å². The molecule has 0 aliphatic heterocycles. The normalized spacial score (nSPS) is 11.0. The number of carboxylic acids is 1. The monoisotopic (exact) mass is 320 g/mol. The van der Waals surface area contributed by atoms with Crippen LogP contribution >= 0.6 is 0 Å². The van der Waals surface area contributed by atoms with Crippen LogP contribution in [0.25, 0.3) is 0 Å².